The molecule has 0 fully saturated rings. The number of ether oxygens (including phenoxy) is 3. The van der Waals surface area contributed by atoms with Gasteiger partial charge < -0.3 is 24.8 Å². The fourth-order valence-corrected chi connectivity index (χ4v) is 3.03. The summed E-state index contributed by atoms with van der Waals surface area (Å²) in [5, 5.41) is 6.75. The fraction of sp³-hybridized carbons (Fsp3) is 0.455. The lowest BCUT2D eigenvalue weighted by atomic mass is 9.99. The molecule has 0 aliphatic rings. The molecule has 0 aliphatic heterocycles. The average Bonchev–Trinajstić information content (AvgIpc) is 2.73. The second-order valence-electron chi connectivity index (χ2n) is 6.60. The maximum Gasteiger partial charge on any atom is 0.412 e. The number of carbonyl (C=O) groups is 2. The van der Waals surface area contributed by atoms with Gasteiger partial charge in [-0.25, -0.2) is 9.59 Å². The van der Waals surface area contributed by atoms with Crippen LogP contribution >= 0.6 is 0 Å². The van der Waals surface area contributed by atoms with Gasteiger partial charge in [-0.2, -0.15) is 0 Å². The number of carbonyl (C=O) groups excluding carboxylic acids is 2. The van der Waals surface area contributed by atoms with Crippen LogP contribution in [0, 0.1) is 0 Å². The zero-order chi connectivity index (χ0) is 21.2. The number of amides is 2. The summed E-state index contributed by atoms with van der Waals surface area (Å²) in [5.41, 5.74) is 0.693. The van der Waals surface area contributed by atoms with Crippen LogP contribution in [-0.2, 0) is 6.42 Å². The summed E-state index contributed by atoms with van der Waals surface area (Å²) in [6.45, 7) is 6.99. The van der Waals surface area contributed by atoms with Crippen molar-refractivity contribution in [2.45, 2.75) is 46.5 Å². The lowest BCUT2D eigenvalue weighted by molar-refractivity contribution is 0.196. The fourth-order valence-electron chi connectivity index (χ4n) is 3.03. The molecule has 158 valence electrons. The van der Waals surface area contributed by atoms with Crippen molar-refractivity contribution >= 4 is 23.0 Å². The molecule has 2 aromatic rings. The minimum atomic E-state index is -0.549. The van der Waals surface area contributed by atoms with Crippen LogP contribution in [0.5, 0.6) is 17.2 Å². The van der Waals surface area contributed by atoms with Gasteiger partial charge >= 0.3 is 12.2 Å². The average molecular weight is 402 g/mol. The first kappa shape index (κ1) is 22.3. The molecule has 29 heavy (non-hydrogen) atoms. The number of nitrogens with one attached hydrogen (secondary N) is 2. The highest BCUT2D eigenvalue weighted by Gasteiger charge is 2.25. The number of hydrogen-bond acceptors (Lipinski definition) is 5. The topological polar surface area (TPSA) is 85.9 Å². The first-order valence-electron chi connectivity index (χ1n) is 10.1. The van der Waals surface area contributed by atoms with Gasteiger partial charge in [-0.15, -0.1) is 0 Å². The Morgan fingerprint density at radius 3 is 1.79 bits per heavy atom. The van der Waals surface area contributed by atoms with Crippen LogP contribution < -0.4 is 24.8 Å². The van der Waals surface area contributed by atoms with Gasteiger partial charge in [0.25, 0.3) is 0 Å². The Bertz CT molecular complexity index is 851. The van der Waals surface area contributed by atoms with E-state index in [1.807, 2.05) is 45.0 Å². The molecule has 0 atom stereocenters. The van der Waals surface area contributed by atoms with Gasteiger partial charge in [0.05, 0.1) is 7.11 Å². The summed E-state index contributed by atoms with van der Waals surface area (Å²) in [5.74, 6) is 1.14. The van der Waals surface area contributed by atoms with Crippen molar-refractivity contribution in [2.75, 3.05) is 20.2 Å². The molecule has 0 heterocycles. The Balaban J connectivity index is 2.61. The van der Waals surface area contributed by atoms with Crippen LogP contribution in [0.25, 0.3) is 10.8 Å². The van der Waals surface area contributed by atoms with E-state index in [1.165, 1.54) is 7.11 Å². The van der Waals surface area contributed by atoms with Gasteiger partial charge in [-0.05, 0) is 19.3 Å². The Labute approximate surface area is 171 Å². The minimum Gasteiger partial charge on any atom is -0.492 e. The second-order valence-corrected chi connectivity index (χ2v) is 6.60. The normalized spacial score (nSPS) is 10.5. The molecule has 0 bridgehead atoms. The van der Waals surface area contributed by atoms with Crippen molar-refractivity contribution < 1.29 is 23.8 Å². The quantitative estimate of drug-likeness (QED) is 0.629. The highest BCUT2D eigenvalue weighted by atomic mass is 16.6. The second kappa shape index (κ2) is 11.1. The van der Waals surface area contributed by atoms with Gasteiger partial charge in [0.1, 0.15) is 5.75 Å². The zero-order valence-electron chi connectivity index (χ0n) is 17.6. The van der Waals surface area contributed by atoms with E-state index in [9.17, 15) is 9.59 Å². The Morgan fingerprint density at radius 2 is 1.31 bits per heavy atom. The van der Waals surface area contributed by atoms with E-state index in [1.54, 1.807) is 0 Å². The molecule has 0 unspecified atom stereocenters. The van der Waals surface area contributed by atoms with Gasteiger partial charge in [-0.3, -0.25) is 0 Å². The van der Waals surface area contributed by atoms with Crippen LogP contribution in [-0.4, -0.2) is 32.4 Å². The zero-order valence-corrected chi connectivity index (χ0v) is 17.6. The first-order valence-corrected chi connectivity index (χ1v) is 10.1. The van der Waals surface area contributed by atoms with Crippen molar-refractivity contribution in [2.24, 2.45) is 0 Å². The number of fused-ring (bicyclic) bond motifs is 1. The van der Waals surface area contributed by atoms with E-state index in [0.717, 1.165) is 19.3 Å². The summed E-state index contributed by atoms with van der Waals surface area (Å²) in [6, 6.07) is 7.33. The summed E-state index contributed by atoms with van der Waals surface area (Å²) < 4.78 is 17.0. The standard InChI is InChI=1S/C22H30N2O5/c1-5-10-17-18(28-21(25)23-13-6-2)15-11-8-9-12-16(15)20(19(17)27-4)29-22(26)24-14-7-3/h8-9,11-12H,5-7,10,13-14H2,1-4H3,(H,23,25)(H,24,26). The minimum absolute atomic E-state index is 0.321. The van der Waals surface area contributed by atoms with Crippen molar-refractivity contribution in [3.05, 3.63) is 29.8 Å². The SMILES string of the molecule is CCCNC(=O)Oc1c(CCC)c(OC)c(OC(=O)NCCC)c2ccccc12. The summed E-state index contributed by atoms with van der Waals surface area (Å²) in [4.78, 5) is 24.5. The largest absolute Gasteiger partial charge is 0.492 e. The van der Waals surface area contributed by atoms with E-state index in [4.69, 9.17) is 14.2 Å². The molecule has 7 nitrogen and oxygen atoms in total. The Kier molecular flexibility index (Phi) is 8.58. The van der Waals surface area contributed by atoms with E-state index in [-0.39, 0.29) is 0 Å². The highest BCUT2D eigenvalue weighted by molar-refractivity contribution is 5.99. The van der Waals surface area contributed by atoms with E-state index < -0.39 is 12.2 Å². The third-order valence-corrected chi connectivity index (χ3v) is 4.30. The monoisotopic (exact) mass is 402 g/mol. The summed E-state index contributed by atoms with van der Waals surface area (Å²) in [6.07, 6.45) is 1.92. The van der Waals surface area contributed by atoms with Gasteiger partial charge in [-0.1, -0.05) is 51.5 Å². The van der Waals surface area contributed by atoms with E-state index in [0.29, 0.717) is 53.1 Å². The Morgan fingerprint density at radius 1 is 0.793 bits per heavy atom. The molecule has 2 N–H and O–H groups in total. The molecule has 0 saturated carbocycles. The summed E-state index contributed by atoms with van der Waals surface area (Å²) >= 11 is 0. The van der Waals surface area contributed by atoms with Crippen LogP contribution in [0.2, 0.25) is 0 Å². The number of benzene rings is 2. The predicted molar refractivity (Wildman–Crippen MR) is 113 cm³/mol. The van der Waals surface area contributed by atoms with Crippen molar-refractivity contribution in [3.8, 4) is 17.2 Å². The van der Waals surface area contributed by atoms with Crippen molar-refractivity contribution in [1.29, 1.82) is 0 Å². The Hall–Kier alpha value is -2.96. The third kappa shape index (κ3) is 5.53. The van der Waals surface area contributed by atoms with Crippen LogP contribution in [0.15, 0.2) is 24.3 Å². The maximum absolute atomic E-state index is 12.3. The number of hydrogen-bond donors (Lipinski definition) is 2. The van der Waals surface area contributed by atoms with Crippen LogP contribution in [0.1, 0.15) is 45.6 Å². The van der Waals surface area contributed by atoms with E-state index >= 15 is 0 Å². The third-order valence-electron chi connectivity index (χ3n) is 4.30. The highest BCUT2D eigenvalue weighted by Crippen LogP contribution is 2.46. The molecular formula is C22H30N2O5. The van der Waals surface area contributed by atoms with Gasteiger partial charge in [0, 0.05) is 29.4 Å². The molecule has 0 spiro atoms. The molecule has 0 aliphatic carbocycles. The molecule has 2 amide bonds. The van der Waals surface area contributed by atoms with Gasteiger partial charge in [0.2, 0.25) is 0 Å². The lowest BCUT2D eigenvalue weighted by Gasteiger charge is -2.20. The van der Waals surface area contributed by atoms with Crippen LogP contribution in [0.3, 0.4) is 0 Å². The molecule has 7 heteroatoms. The first-order chi connectivity index (χ1) is 14.1. The predicted octanol–water partition coefficient (Wildman–Crippen LogP) is 4.80. The van der Waals surface area contributed by atoms with Crippen molar-refractivity contribution in [3.63, 3.8) is 0 Å². The number of rotatable bonds is 9. The molecule has 0 aromatic heterocycles. The number of methoxy groups -OCH3 is 1. The van der Waals surface area contributed by atoms with Gasteiger partial charge in [0.15, 0.2) is 11.5 Å². The smallest absolute Gasteiger partial charge is 0.412 e. The summed E-state index contributed by atoms with van der Waals surface area (Å²) in [7, 11) is 1.51. The van der Waals surface area contributed by atoms with E-state index in [2.05, 4.69) is 10.6 Å². The van der Waals surface area contributed by atoms with Crippen molar-refractivity contribution in [1.82, 2.24) is 10.6 Å². The lowest BCUT2D eigenvalue weighted by Crippen LogP contribution is -2.28. The van der Waals surface area contributed by atoms with Crippen LogP contribution in [0.4, 0.5) is 9.59 Å². The molecule has 2 rings (SSSR count). The molecule has 0 radical (unpaired) electrons. The maximum atomic E-state index is 12.3. The molecular weight excluding hydrogens is 372 g/mol. The molecule has 2 aromatic carbocycles. The molecule has 0 saturated heterocycles.